The van der Waals surface area contributed by atoms with Crippen LogP contribution in [-0.4, -0.2) is 14.8 Å². The molecule has 0 aliphatic heterocycles. The number of hydrogen-bond acceptors (Lipinski definition) is 2. The Bertz CT molecular complexity index is 368. The van der Waals surface area contributed by atoms with E-state index in [2.05, 4.69) is 25.9 Å². The standard InChI is InChI=1S/C11H19N3S/c1-5-9-7(3)13-14(8(9)4)10(6-2)11(12)15/h10H,5-6H2,1-4H3,(H2,12,15). The highest BCUT2D eigenvalue weighted by atomic mass is 32.1. The summed E-state index contributed by atoms with van der Waals surface area (Å²) in [7, 11) is 0. The summed E-state index contributed by atoms with van der Waals surface area (Å²) in [5, 5.41) is 4.52. The first-order chi connectivity index (χ1) is 7.02. The Morgan fingerprint density at radius 2 is 2.07 bits per heavy atom. The molecule has 0 radical (unpaired) electrons. The molecule has 0 fully saturated rings. The molecular weight excluding hydrogens is 206 g/mol. The van der Waals surface area contributed by atoms with Gasteiger partial charge in [-0.05, 0) is 32.3 Å². The second-order valence-electron chi connectivity index (χ2n) is 3.77. The van der Waals surface area contributed by atoms with Gasteiger partial charge < -0.3 is 5.73 Å². The number of nitrogens with two attached hydrogens (primary N) is 1. The van der Waals surface area contributed by atoms with Crippen molar-refractivity contribution in [3.63, 3.8) is 0 Å². The van der Waals surface area contributed by atoms with Crippen LogP contribution in [0.5, 0.6) is 0 Å². The van der Waals surface area contributed by atoms with Crippen molar-refractivity contribution in [3.05, 3.63) is 17.0 Å². The summed E-state index contributed by atoms with van der Waals surface area (Å²) in [4.78, 5) is 0.519. The number of aromatic nitrogens is 2. The summed E-state index contributed by atoms with van der Waals surface area (Å²) >= 11 is 5.06. The monoisotopic (exact) mass is 225 g/mol. The fourth-order valence-electron chi connectivity index (χ4n) is 2.01. The minimum Gasteiger partial charge on any atom is -0.392 e. The maximum atomic E-state index is 5.72. The van der Waals surface area contributed by atoms with Crippen LogP contribution in [0.1, 0.15) is 43.3 Å². The smallest absolute Gasteiger partial charge is 0.102 e. The third kappa shape index (κ3) is 2.20. The van der Waals surface area contributed by atoms with Crippen LogP contribution in [-0.2, 0) is 6.42 Å². The van der Waals surface area contributed by atoms with E-state index >= 15 is 0 Å². The summed E-state index contributed by atoms with van der Waals surface area (Å²) in [5.41, 5.74) is 9.31. The van der Waals surface area contributed by atoms with Crippen molar-refractivity contribution in [2.45, 2.75) is 46.6 Å². The van der Waals surface area contributed by atoms with Gasteiger partial charge in [-0.15, -0.1) is 0 Å². The number of hydrogen-bond donors (Lipinski definition) is 1. The average Bonchev–Trinajstić information content (AvgIpc) is 2.43. The molecule has 84 valence electrons. The summed E-state index contributed by atoms with van der Waals surface area (Å²) in [6, 6.07) is 0.0546. The zero-order valence-electron chi connectivity index (χ0n) is 9.87. The predicted molar refractivity (Wildman–Crippen MR) is 67.2 cm³/mol. The highest BCUT2D eigenvalue weighted by Crippen LogP contribution is 2.20. The molecule has 0 amide bonds. The lowest BCUT2D eigenvalue weighted by molar-refractivity contribution is 0.537. The average molecular weight is 225 g/mol. The van der Waals surface area contributed by atoms with E-state index in [1.165, 1.54) is 11.3 Å². The van der Waals surface area contributed by atoms with E-state index in [4.69, 9.17) is 18.0 Å². The van der Waals surface area contributed by atoms with Gasteiger partial charge in [-0.1, -0.05) is 26.1 Å². The molecule has 4 heteroatoms. The van der Waals surface area contributed by atoms with Gasteiger partial charge in [-0.2, -0.15) is 5.10 Å². The Morgan fingerprint density at radius 1 is 1.47 bits per heavy atom. The van der Waals surface area contributed by atoms with Gasteiger partial charge in [-0.3, -0.25) is 4.68 Å². The molecule has 0 saturated carbocycles. The van der Waals surface area contributed by atoms with Crippen LogP contribution in [0.3, 0.4) is 0 Å². The molecular formula is C11H19N3S. The maximum Gasteiger partial charge on any atom is 0.102 e. The van der Waals surface area contributed by atoms with Gasteiger partial charge >= 0.3 is 0 Å². The third-order valence-corrected chi connectivity index (χ3v) is 3.11. The van der Waals surface area contributed by atoms with E-state index < -0.39 is 0 Å². The number of rotatable bonds is 4. The van der Waals surface area contributed by atoms with Crippen LogP contribution in [0.2, 0.25) is 0 Å². The van der Waals surface area contributed by atoms with Gasteiger partial charge in [0, 0.05) is 5.69 Å². The van der Waals surface area contributed by atoms with Crippen LogP contribution < -0.4 is 5.73 Å². The molecule has 2 N–H and O–H groups in total. The normalized spacial score (nSPS) is 12.8. The Hall–Kier alpha value is -0.900. The topological polar surface area (TPSA) is 43.8 Å². The first-order valence-electron chi connectivity index (χ1n) is 5.36. The minimum atomic E-state index is 0.0546. The van der Waals surface area contributed by atoms with E-state index in [1.807, 2.05) is 11.6 Å². The summed E-state index contributed by atoms with van der Waals surface area (Å²) in [6.45, 7) is 8.34. The van der Waals surface area contributed by atoms with Crippen LogP contribution in [0, 0.1) is 13.8 Å². The Morgan fingerprint density at radius 3 is 2.40 bits per heavy atom. The molecule has 1 heterocycles. The van der Waals surface area contributed by atoms with E-state index in [1.54, 1.807) is 0 Å². The van der Waals surface area contributed by atoms with E-state index in [9.17, 15) is 0 Å². The lowest BCUT2D eigenvalue weighted by Gasteiger charge is -2.15. The molecule has 0 spiro atoms. The molecule has 0 saturated heterocycles. The van der Waals surface area contributed by atoms with Crippen LogP contribution in [0.25, 0.3) is 0 Å². The Labute approximate surface area is 96.7 Å². The summed E-state index contributed by atoms with van der Waals surface area (Å²) in [5.74, 6) is 0. The molecule has 3 nitrogen and oxygen atoms in total. The highest BCUT2D eigenvalue weighted by molar-refractivity contribution is 7.80. The van der Waals surface area contributed by atoms with Crippen molar-refractivity contribution in [2.24, 2.45) is 5.73 Å². The second kappa shape index (κ2) is 4.75. The molecule has 1 rings (SSSR count). The number of nitrogens with zero attached hydrogens (tertiary/aromatic N) is 2. The third-order valence-electron chi connectivity index (χ3n) is 2.84. The molecule has 0 bridgehead atoms. The quantitative estimate of drug-likeness (QED) is 0.800. The Kier molecular flexibility index (Phi) is 3.85. The fourth-order valence-corrected chi connectivity index (χ4v) is 2.27. The molecule has 1 aromatic heterocycles. The first-order valence-corrected chi connectivity index (χ1v) is 5.77. The van der Waals surface area contributed by atoms with Crippen molar-refractivity contribution in [3.8, 4) is 0 Å². The molecule has 0 aliphatic rings. The van der Waals surface area contributed by atoms with Crippen molar-refractivity contribution < 1.29 is 0 Å². The van der Waals surface area contributed by atoms with Crippen LogP contribution in [0.4, 0.5) is 0 Å². The number of aryl methyl sites for hydroxylation is 1. The van der Waals surface area contributed by atoms with Gasteiger partial charge in [0.25, 0.3) is 0 Å². The molecule has 1 aromatic rings. The first kappa shape index (κ1) is 12.2. The zero-order valence-corrected chi connectivity index (χ0v) is 10.7. The van der Waals surface area contributed by atoms with E-state index in [0.29, 0.717) is 4.99 Å². The SMILES string of the molecule is CCc1c(C)nn(C(CC)C(N)=S)c1C. The zero-order chi connectivity index (χ0) is 11.6. The van der Waals surface area contributed by atoms with Gasteiger partial charge in [0.15, 0.2) is 0 Å². The van der Waals surface area contributed by atoms with Crippen molar-refractivity contribution in [2.75, 3.05) is 0 Å². The molecule has 0 aliphatic carbocycles. The molecule has 0 aromatic carbocycles. The summed E-state index contributed by atoms with van der Waals surface area (Å²) < 4.78 is 1.97. The summed E-state index contributed by atoms with van der Waals surface area (Å²) in [6.07, 6.45) is 1.89. The van der Waals surface area contributed by atoms with Crippen LogP contribution in [0.15, 0.2) is 0 Å². The lowest BCUT2D eigenvalue weighted by atomic mass is 10.1. The van der Waals surface area contributed by atoms with E-state index in [-0.39, 0.29) is 6.04 Å². The lowest BCUT2D eigenvalue weighted by Crippen LogP contribution is -2.26. The van der Waals surface area contributed by atoms with Crippen molar-refractivity contribution in [1.29, 1.82) is 0 Å². The predicted octanol–water partition coefficient (Wildman–Crippen LogP) is 2.30. The van der Waals surface area contributed by atoms with Gasteiger partial charge in [-0.25, -0.2) is 0 Å². The minimum absolute atomic E-state index is 0.0546. The second-order valence-corrected chi connectivity index (χ2v) is 4.25. The van der Waals surface area contributed by atoms with Crippen molar-refractivity contribution in [1.82, 2.24) is 9.78 Å². The fraction of sp³-hybridized carbons (Fsp3) is 0.636. The number of thiocarbonyl (C=S) groups is 1. The van der Waals surface area contributed by atoms with Gasteiger partial charge in [0.2, 0.25) is 0 Å². The molecule has 1 unspecified atom stereocenters. The van der Waals surface area contributed by atoms with E-state index in [0.717, 1.165) is 18.5 Å². The largest absolute Gasteiger partial charge is 0.392 e. The van der Waals surface area contributed by atoms with Crippen LogP contribution >= 0.6 is 12.2 Å². The van der Waals surface area contributed by atoms with Gasteiger partial charge in [0.1, 0.15) is 6.04 Å². The van der Waals surface area contributed by atoms with Crippen molar-refractivity contribution >= 4 is 17.2 Å². The maximum absolute atomic E-state index is 5.72. The molecule has 15 heavy (non-hydrogen) atoms. The molecule has 1 atom stereocenters. The highest BCUT2D eigenvalue weighted by Gasteiger charge is 2.18. The Balaban J connectivity index is 3.19. The van der Waals surface area contributed by atoms with Gasteiger partial charge in [0.05, 0.1) is 10.7 Å².